The Morgan fingerprint density at radius 3 is 2.41 bits per heavy atom. The van der Waals surface area contributed by atoms with E-state index in [9.17, 15) is 10.1 Å². The van der Waals surface area contributed by atoms with Crippen molar-refractivity contribution in [2.45, 2.75) is 57.9 Å². The van der Waals surface area contributed by atoms with Crippen molar-refractivity contribution in [1.82, 2.24) is 5.32 Å². The first-order valence-electron chi connectivity index (χ1n) is 8.12. The van der Waals surface area contributed by atoms with Gasteiger partial charge in [0.1, 0.15) is 11.6 Å². The highest BCUT2D eigenvalue weighted by atomic mass is 16.1. The summed E-state index contributed by atoms with van der Waals surface area (Å²) in [5, 5.41) is 12.2. The highest BCUT2D eigenvalue weighted by molar-refractivity contribution is 6.01. The lowest BCUT2D eigenvalue weighted by molar-refractivity contribution is -0.117. The Morgan fingerprint density at radius 1 is 1.23 bits per heavy atom. The molecule has 0 spiro atoms. The van der Waals surface area contributed by atoms with Crippen molar-refractivity contribution in [3.8, 4) is 6.07 Å². The Labute approximate surface area is 133 Å². The molecular formula is C19H24N2O. The van der Waals surface area contributed by atoms with E-state index in [-0.39, 0.29) is 17.5 Å². The van der Waals surface area contributed by atoms with Gasteiger partial charge in [0, 0.05) is 6.04 Å². The fraction of sp³-hybridized carbons (Fsp3) is 0.474. The zero-order valence-electron chi connectivity index (χ0n) is 13.4. The van der Waals surface area contributed by atoms with Gasteiger partial charge in [0.25, 0.3) is 5.91 Å². The van der Waals surface area contributed by atoms with Crippen LogP contribution in [0.1, 0.15) is 63.0 Å². The molecule has 2 rings (SSSR count). The van der Waals surface area contributed by atoms with E-state index in [1.807, 2.05) is 30.3 Å². The van der Waals surface area contributed by atoms with Crippen LogP contribution in [0, 0.1) is 11.3 Å². The van der Waals surface area contributed by atoms with Gasteiger partial charge in [-0.3, -0.25) is 4.79 Å². The van der Waals surface area contributed by atoms with Crippen LogP contribution in [0.5, 0.6) is 0 Å². The standard InChI is InChI=1S/C19H24N2O/c1-14(2)16-10-8-15(9-11-16)12-17(13-20)19(22)21-18-6-4-3-5-7-18/h8-12,14,18H,3-7H2,1-2H3,(H,21,22)/b17-12+. The Bertz CT molecular complexity index is 572. The third kappa shape index (κ3) is 4.46. The summed E-state index contributed by atoms with van der Waals surface area (Å²) in [6.45, 7) is 4.28. The Morgan fingerprint density at radius 2 is 1.86 bits per heavy atom. The first kappa shape index (κ1) is 16.3. The molecule has 1 amide bonds. The number of nitrogens with one attached hydrogen (secondary N) is 1. The highest BCUT2D eigenvalue weighted by Crippen LogP contribution is 2.19. The van der Waals surface area contributed by atoms with E-state index in [1.54, 1.807) is 6.08 Å². The quantitative estimate of drug-likeness (QED) is 0.670. The Balaban J connectivity index is 2.06. The van der Waals surface area contributed by atoms with Gasteiger partial charge in [-0.2, -0.15) is 5.26 Å². The van der Waals surface area contributed by atoms with Gasteiger partial charge in [0.2, 0.25) is 0 Å². The van der Waals surface area contributed by atoms with E-state index in [0.29, 0.717) is 5.92 Å². The fourth-order valence-corrected chi connectivity index (χ4v) is 2.80. The molecule has 1 aromatic rings. The van der Waals surface area contributed by atoms with Gasteiger partial charge in [-0.05, 0) is 36.0 Å². The molecule has 0 radical (unpaired) electrons. The summed E-state index contributed by atoms with van der Waals surface area (Å²) in [5.74, 6) is 0.227. The molecule has 1 saturated carbocycles. The summed E-state index contributed by atoms with van der Waals surface area (Å²) in [7, 11) is 0. The third-order valence-electron chi connectivity index (χ3n) is 4.22. The maximum absolute atomic E-state index is 12.2. The highest BCUT2D eigenvalue weighted by Gasteiger charge is 2.18. The zero-order chi connectivity index (χ0) is 15.9. The normalized spacial score (nSPS) is 16.4. The van der Waals surface area contributed by atoms with Crippen LogP contribution in [0.3, 0.4) is 0 Å². The lowest BCUT2D eigenvalue weighted by Crippen LogP contribution is -2.36. The van der Waals surface area contributed by atoms with Crippen molar-refractivity contribution in [3.05, 3.63) is 41.0 Å². The monoisotopic (exact) mass is 296 g/mol. The van der Waals surface area contributed by atoms with E-state index in [2.05, 4.69) is 19.2 Å². The first-order valence-corrected chi connectivity index (χ1v) is 8.12. The molecule has 1 aliphatic rings. The number of benzene rings is 1. The van der Waals surface area contributed by atoms with Gasteiger partial charge in [-0.15, -0.1) is 0 Å². The molecule has 0 unspecified atom stereocenters. The van der Waals surface area contributed by atoms with Crippen LogP contribution in [0.4, 0.5) is 0 Å². The fourth-order valence-electron chi connectivity index (χ4n) is 2.80. The predicted molar refractivity (Wildman–Crippen MR) is 89.1 cm³/mol. The topological polar surface area (TPSA) is 52.9 Å². The van der Waals surface area contributed by atoms with E-state index >= 15 is 0 Å². The van der Waals surface area contributed by atoms with Crippen LogP contribution in [0.25, 0.3) is 6.08 Å². The second-order valence-corrected chi connectivity index (χ2v) is 6.30. The van der Waals surface area contributed by atoms with E-state index in [0.717, 1.165) is 31.2 Å². The van der Waals surface area contributed by atoms with E-state index in [1.165, 1.54) is 12.0 Å². The lowest BCUT2D eigenvalue weighted by Gasteiger charge is -2.22. The molecule has 0 heterocycles. The number of nitrogens with zero attached hydrogens (tertiary/aromatic N) is 1. The maximum Gasteiger partial charge on any atom is 0.262 e. The third-order valence-corrected chi connectivity index (χ3v) is 4.22. The summed E-state index contributed by atoms with van der Waals surface area (Å²) < 4.78 is 0. The van der Waals surface area contributed by atoms with Gasteiger partial charge in [0.05, 0.1) is 0 Å². The number of carbonyl (C=O) groups excluding carboxylic acids is 1. The largest absolute Gasteiger partial charge is 0.349 e. The van der Waals surface area contributed by atoms with Crippen molar-refractivity contribution < 1.29 is 4.79 Å². The van der Waals surface area contributed by atoms with E-state index < -0.39 is 0 Å². The number of amides is 1. The molecule has 22 heavy (non-hydrogen) atoms. The summed E-state index contributed by atoms with van der Waals surface area (Å²) in [5.41, 5.74) is 2.32. The van der Waals surface area contributed by atoms with Crippen LogP contribution >= 0.6 is 0 Å². The molecule has 1 fully saturated rings. The molecule has 0 saturated heterocycles. The smallest absolute Gasteiger partial charge is 0.262 e. The number of carbonyl (C=O) groups is 1. The molecule has 1 aliphatic carbocycles. The molecule has 1 aromatic carbocycles. The van der Waals surface area contributed by atoms with Crippen LogP contribution in [0.15, 0.2) is 29.8 Å². The summed E-state index contributed by atoms with van der Waals surface area (Å²) in [4.78, 5) is 12.2. The first-order chi connectivity index (χ1) is 10.6. The minimum Gasteiger partial charge on any atom is -0.349 e. The van der Waals surface area contributed by atoms with Crippen molar-refractivity contribution in [2.24, 2.45) is 0 Å². The van der Waals surface area contributed by atoms with Crippen molar-refractivity contribution in [1.29, 1.82) is 5.26 Å². The number of hydrogen-bond acceptors (Lipinski definition) is 2. The van der Waals surface area contributed by atoms with Crippen LogP contribution in [-0.4, -0.2) is 11.9 Å². The van der Waals surface area contributed by atoms with Crippen molar-refractivity contribution >= 4 is 12.0 Å². The van der Waals surface area contributed by atoms with Crippen molar-refractivity contribution in [3.63, 3.8) is 0 Å². The minimum atomic E-state index is -0.248. The second kappa shape index (κ2) is 7.79. The zero-order valence-corrected chi connectivity index (χ0v) is 13.4. The molecule has 0 aliphatic heterocycles. The molecule has 3 heteroatoms. The second-order valence-electron chi connectivity index (χ2n) is 6.30. The molecular weight excluding hydrogens is 272 g/mol. The van der Waals surface area contributed by atoms with Gasteiger partial charge in [-0.25, -0.2) is 0 Å². The van der Waals surface area contributed by atoms with E-state index in [4.69, 9.17) is 0 Å². The summed E-state index contributed by atoms with van der Waals surface area (Å²) in [6, 6.07) is 10.3. The predicted octanol–water partition coefficient (Wildman–Crippen LogP) is 4.17. The number of nitriles is 1. The van der Waals surface area contributed by atoms with Gasteiger partial charge in [-0.1, -0.05) is 57.4 Å². The van der Waals surface area contributed by atoms with Crippen LogP contribution < -0.4 is 5.32 Å². The average Bonchev–Trinajstić information content (AvgIpc) is 2.53. The van der Waals surface area contributed by atoms with Gasteiger partial charge >= 0.3 is 0 Å². The van der Waals surface area contributed by atoms with Crippen LogP contribution in [-0.2, 0) is 4.79 Å². The Hall–Kier alpha value is -2.08. The van der Waals surface area contributed by atoms with Crippen molar-refractivity contribution in [2.75, 3.05) is 0 Å². The number of rotatable bonds is 4. The molecule has 0 atom stereocenters. The van der Waals surface area contributed by atoms with Gasteiger partial charge < -0.3 is 5.32 Å². The lowest BCUT2D eigenvalue weighted by atomic mass is 9.95. The molecule has 3 nitrogen and oxygen atoms in total. The number of hydrogen-bond donors (Lipinski definition) is 1. The molecule has 0 aromatic heterocycles. The average molecular weight is 296 g/mol. The molecule has 0 bridgehead atoms. The summed E-state index contributed by atoms with van der Waals surface area (Å²) in [6.07, 6.45) is 7.28. The SMILES string of the molecule is CC(C)c1ccc(/C=C(\C#N)C(=O)NC2CCCCC2)cc1. The van der Waals surface area contributed by atoms with Crippen LogP contribution in [0.2, 0.25) is 0 Å². The maximum atomic E-state index is 12.2. The molecule has 116 valence electrons. The minimum absolute atomic E-state index is 0.183. The van der Waals surface area contributed by atoms with Gasteiger partial charge in [0.15, 0.2) is 0 Å². The molecule has 1 N–H and O–H groups in total. The Kier molecular flexibility index (Phi) is 5.77. The summed E-state index contributed by atoms with van der Waals surface area (Å²) >= 11 is 0.